The number of aliphatic imine (C=N–C) groups is 1. The lowest BCUT2D eigenvalue weighted by Gasteiger charge is -2.13. The highest BCUT2D eigenvalue weighted by Crippen LogP contribution is 2.22. The lowest BCUT2D eigenvalue weighted by molar-refractivity contribution is 0.201. The van der Waals surface area contributed by atoms with Crippen LogP contribution >= 0.6 is 24.0 Å². The van der Waals surface area contributed by atoms with Crippen LogP contribution in [0.4, 0.5) is 0 Å². The van der Waals surface area contributed by atoms with Crippen LogP contribution in [-0.2, 0) is 20.1 Å². The Hall–Kier alpha value is -1.91. The Balaban J connectivity index is 0.00000243. The fraction of sp³-hybridized carbons (Fsp3) is 0.529. The summed E-state index contributed by atoms with van der Waals surface area (Å²) in [6, 6.07) is 3.96. The molecule has 0 spiro atoms. The van der Waals surface area contributed by atoms with Gasteiger partial charge in [0.15, 0.2) is 5.96 Å². The molecule has 1 saturated carbocycles. The van der Waals surface area contributed by atoms with E-state index in [9.17, 15) is 0 Å². The maximum absolute atomic E-state index is 5.89. The summed E-state index contributed by atoms with van der Waals surface area (Å²) in [6.45, 7) is 1.19. The molecule has 0 aliphatic heterocycles. The van der Waals surface area contributed by atoms with Crippen molar-refractivity contribution in [2.75, 3.05) is 7.05 Å². The average molecular weight is 471 g/mol. The van der Waals surface area contributed by atoms with Gasteiger partial charge in [0.25, 0.3) is 0 Å². The van der Waals surface area contributed by atoms with Crippen molar-refractivity contribution in [2.24, 2.45) is 12.0 Å². The van der Waals surface area contributed by atoms with Crippen molar-refractivity contribution in [3.8, 4) is 5.88 Å². The molecule has 2 aromatic rings. The fourth-order valence-electron chi connectivity index (χ4n) is 2.81. The Kier molecular flexibility index (Phi) is 8.07. The largest absolute Gasteiger partial charge is 0.474 e. The van der Waals surface area contributed by atoms with Crippen molar-refractivity contribution < 1.29 is 4.74 Å². The Bertz CT molecular complexity index is 695. The summed E-state index contributed by atoms with van der Waals surface area (Å²) in [5, 5.41) is 10.5. The molecule has 0 bridgehead atoms. The van der Waals surface area contributed by atoms with Gasteiger partial charge >= 0.3 is 0 Å². The molecule has 0 radical (unpaired) electrons. The van der Waals surface area contributed by atoms with E-state index in [-0.39, 0.29) is 24.0 Å². The van der Waals surface area contributed by atoms with E-state index >= 15 is 0 Å². The number of hydrogen-bond donors (Lipinski definition) is 2. The number of nitrogens with zero attached hydrogens (tertiary/aromatic N) is 5. The number of nitrogens with one attached hydrogen (secondary N) is 2. The third kappa shape index (κ3) is 5.82. The Morgan fingerprint density at radius 1 is 1.23 bits per heavy atom. The van der Waals surface area contributed by atoms with Gasteiger partial charge in [0.05, 0.1) is 6.54 Å². The van der Waals surface area contributed by atoms with E-state index in [0.717, 1.165) is 24.2 Å². The van der Waals surface area contributed by atoms with Gasteiger partial charge in [0, 0.05) is 32.9 Å². The molecule has 0 amide bonds. The van der Waals surface area contributed by atoms with Crippen LogP contribution in [0.2, 0.25) is 0 Å². The summed E-state index contributed by atoms with van der Waals surface area (Å²) in [7, 11) is 3.60. The number of rotatable bonds is 6. The second kappa shape index (κ2) is 10.3. The highest BCUT2D eigenvalue weighted by molar-refractivity contribution is 14.0. The smallest absolute Gasteiger partial charge is 0.213 e. The molecule has 2 N–H and O–H groups in total. The number of hydrogen-bond acceptors (Lipinski definition) is 5. The molecule has 8 nitrogen and oxygen atoms in total. The van der Waals surface area contributed by atoms with Crippen LogP contribution in [-0.4, -0.2) is 38.9 Å². The van der Waals surface area contributed by atoms with Crippen molar-refractivity contribution in [2.45, 2.75) is 44.9 Å². The molecule has 0 saturated heterocycles. The molecule has 142 valence electrons. The zero-order valence-corrected chi connectivity index (χ0v) is 17.5. The quantitative estimate of drug-likeness (QED) is 0.381. The summed E-state index contributed by atoms with van der Waals surface area (Å²) in [5.74, 6) is 2.26. The van der Waals surface area contributed by atoms with Crippen LogP contribution in [0.15, 0.2) is 29.6 Å². The van der Waals surface area contributed by atoms with Crippen LogP contribution in [0.1, 0.15) is 37.1 Å². The summed E-state index contributed by atoms with van der Waals surface area (Å²) in [5.41, 5.74) is 1.07. The number of ether oxygens (including phenoxy) is 1. The Labute approximate surface area is 170 Å². The van der Waals surface area contributed by atoms with Crippen LogP contribution in [0.3, 0.4) is 0 Å². The second-order valence-corrected chi connectivity index (χ2v) is 6.11. The molecule has 0 unspecified atom stereocenters. The third-order valence-electron chi connectivity index (χ3n) is 4.29. The second-order valence-electron chi connectivity index (χ2n) is 6.11. The van der Waals surface area contributed by atoms with Crippen LogP contribution in [0.25, 0.3) is 0 Å². The number of pyridine rings is 1. The van der Waals surface area contributed by atoms with Crippen molar-refractivity contribution >= 4 is 29.9 Å². The van der Waals surface area contributed by atoms with Gasteiger partial charge < -0.3 is 15.4 Å². The Morgan fingerprint density at radius 2 is 2.00 bits per heavy atom. The zero-order chi connectivity index (χ0) is 17.5. The molecule has 1 fully saturated rings. The normalized spacial score (nSPS) is 14.8. The van der Waals surface area contributed by atoms with Crippen molar-refractivity contribution in [3.05, 3.63) is 36.0 Å². The highest BCUT2D eigenvalue weighted by Gasteiger charge is 2.16. The van der Waals surface area contributed by atoms with E-state index in [1.807, 2.05) is 25.4 Å². The van der Waals surface area contributed by atoms with Gasteiger partial charge in [0.1, 0.15) is 18.3 Å². The lowest BCUT2D eigenvalue weighted by Crippen LogP contribution is -2.36. The molecule has 0 atom stereocenters. The lowest BCUT2D eigenvalue weighted by atomic mass is 10.3. The highest BCUT2D eigenvalue weighted by atomic mass is 127. The minimum atomic E-state index is 0. The maximum Gasteiger partial charge on any atom is 0.213 e. The molecular weight excluding hydrogens is 445 g/mol. The summed E-state index contributed by atoms with van der Waals surface area (Å²) in [4.78, 5) is 12.8. The first kappa shape index (κ1) is 20.4. The van der Waals surface area contributed by atoms with E-state index < -0.39 is 0 Å². The molecule has 9 heteroatoms. The minimum Gasteiger partial charge on any atom is -0.474 e. The molecule has 0 aromatic carbocycles. The first-order chi connectivity index (χ1) is 12.2. The van der Waals surface area contributed by atoms with Crippen molar-refractivity contribution in [3.63, 3.8) is 0 Å². The van der Waals surface area contributed by atoms with Gasteiger partial charge in [-0.25, -0.2) is 9.97 Å². The van der Waals surface area contributed by atoms with Crippen LogP contribution in [0, 0.1) is 0 Å². The SMILES string of the molecule is CN=C(NCc1ccc(OC2CCCC2)nc1)NCc1ncnn1C.I. The monoisotopic (exact) mass is 471 g/mol. The number of halogens is 1. The van der Waals surface area contributed by atoms with Crippen LogP contribution in [0.5, 0.6) is 5.88 Å². The molecule has 3 rings (SSSR count). The fourth-order valence-corrected chi connectivity index (χ4v) is 2.81. The topological polar surface area (TPSA) is 89.2 Å². The third-order valence-corrected chi connectivity index (χ3v) is 4.29. The summed E-state index contributed by atoms with van der Waals surface area (Å²) >= 11 is 0. The Morgan fingerprint density at radius 3 is 2.62 bits per heavy atom. The van der Waals surface area contributed by atoms with Gasteiger partial charge in [-0.2, -0.15) is 5.10 Å². The predicted molar refractivity (Wildman–Crippen MR) is 111 cm³/mol. The minimum absolute atomic E-state index is 0. The predicted octanol–water partition coefficient (Wildman–Crippen LogP) is 2.01. The zero-order valence-electron chi connectivity index (χ0n) is 15.2. The van der Waals surface area contributed by atoms with Crippen molar-refractivity contribution in [1.82, 2.24) is 30.4 Å². The first-order valence-corrected chi connectivity index (χ1v) is 8.63. The number of aryl methyl sites for hydroxylation is 1. The van der Waals surface area contributed by atoms with E-state index in [1.54, 1.807) is 11.7 Å². The average Bonchev–Trinajstić information content (AvgIpc) is 3.28. The van der Waals surface area contributed by atoms with Gasteiger partial charge in [-0.3, -0.25) is 9.67 Å². The van der Waals surface area contributed by atoms with E-state index in [0.29, 0.717) is 31.0 Å². The molecule has 1 aliphatic carbocycles. The molecule has 26 heavy (non-hydrogen) atoms. The van der Waals surface area contributed by atoms with E-state index in [1.165, 1.54) is 19.2 Å². The van der Waals surface area contributed by atoms with Gasteiger partial charge in [-0.15, -0.1) is 24.0 Å². The van der Waals surface area contributed by atoms with Gasteiger partial charge in [0.2, 0.25) is 5.88 Å². The van der Waals surface area contributed by atoms with Crippen molar-refractivity contribution in [1.29, 1.82) is 0 Å². The number of guanidine groups is 1. The van der Waals surface area contributed by atoms with E-state index in [4.69, 9.17) is 4.74 Å². The summed E-state index contributed by atoms with van der Waals surface area (Å²) < 4.78 is 7.61. The molecular formula is C17H26IN7O. The molecule has 2 aromatic heterocycles. The van der Waals surface area contributed by atoms with Gasteiger partial charge in [-0.1, -0.05) is 6.07 Å². The molecule has 2 heterocycles. The molecule has 1 aliphatic rings. The maximum atomic E-state index is 5.89. The summed E-state index contributed by atoms with van der Waals surface area (Å²) in [6.07, 6.45) is 8.50. The van der Waals surface area contributed by atoms with Crippen LogP contribution < -0.4 is 15.4 Å². The van der Waals surface area contributed by atoms with E-state index in [2.05, 4.69) is 30.7 Å². The van der Waals surface area contributed by atoms with Gasteiger partial charge in [-0.05, 0) is 31.2 Å². The standard InChI is InChI=1S/C17H25N7O.HI/c1-18-17(21-11-15-22-12-23-24(15)2)20-10-13-7-8-16(19-9-13)25-14-5-3-4-6-14;/h7-9,12,14H,3-6,10-11H2,1-2H3,(H2,18,20,21);1H. The first-order valence-electron chi connectivity index (χ1n) is 8.63. The number of aromatic nitrogens is 4.